The molecule has 142 valence electrons. The Bertz CT molecular complexity index is 1220. The summed E-state index contributed by atoms with van der Waals surface area (Å²) in [4.78, 5) is 10.1. The number of rotatable bonds is 4. The summed E-state index contributed by atoms with van der Waals surface area (Å²) in [6, 6.07) is 23.9. The molecule has 5 rings (SSSR count). The molecule has 1 aliphatic rings. The summed E-state index contributed by atoms with van der Waals surface area (Å²) in [5.41, 5.74) is 4.27. The van der Waals surface area contributed by atoms with E-state index in [0.29, 0.717) is 12.2 Å². The normalized spacial score (nSPS) is 17.1. The van der Waals surface area contributed by atoms with E-state index in [-0.39, 0.29) is 0 Å². The van der Waals surface area contributed by atoms with Crippen molar-refractivity contribution in [3.63, 3.8) is 0 Å². The lowest BCUT2D eigenvalue weighted by Gasteiger charge is -2.39. The molecule has 4 aromatic rings. The molecule has 0 saturated heterocycles. The van der Waals surface area contributed by atoms with Gasteiger partial charge >= 0.3 is 0 Å². The van der Waals surface area contributed by atoms with Gasteiger partial charge in [-0.2, -0.15) is 0 Å². The van der Waals surface area contributed by atoms with Crippen molar-refractivity contribution in [3.8, 4) is 22.8 Å². The highest BCUT2D eigenvalue weighted by Crippen LogP contribution is 2.51. The zero-order chi connectivity index (χ0) is 19.8. The van der Waals surface area contributed by atoms with Crippen LogP contribution in [0.15, 0.2) is 85.5 Å². The first-order chi connectivity index (χ1) is 14.3. The predicted octanol–water partition coefficient (Wildman–Crippen LogP) is 5.52. The Morgan fingerprint density at radius 3 is 2.38 bits per heavy atom. The Labute approximate surface area is 169 Å². The summed E-state index contributed by atoms with van der Waals surface area (Å²) in [5.74, 6) is 1.45. The highest BCUT2D eigenvalue weighted by molar-refractivity contribution is 5.84. The Balaban J connectivity index is 1.91. The van der Waals surface area contributed by atoms with Crippen LogP contribution in [0.25, 0.3) is 22.3 Å². The van der Waals surface area contributed by atoms with E-state index in [2.05, 4.69) is 18.7 Å². The number of aromatic nitrogens is 2. The molecule has 3 aromatic carbocycles. The van der Waals surface area contributed by atoms with E-state index in [9.17, 15) is 0 Å². The van der Waals surface area contributed by atoms with Crippen LogP contribution in [0.4, 0.5) is 0 Å². The fourth-order valence-corrected chi connectivity index (χ4v) is 4.05. The third-order valence-electron chi connectivity index (χ3n) is 5.35. The standard InChI is InChI=1S/C25H20N2O2/c1-3-16-25(17-10-5-4-6-11-17)24-23(26-18-12-7-8-13-19(18)27-24)22-20(28-2)14-9-15-21(22)29-25/h3-15H,1,16H2,2H3/t25-/m0/s1. The largest absolute Gasteiger partial charge is 0.496 e. The fraction of sp³-hybridized carbons (Fsp3) is 0.120. The zero-order valence-corrected chi connectivity index (χ0v) is 16.1. The first-order valence-corrected chi connectivity index (χ1v) is 9.57. The van der Waals surface area contributed by atoms with Gasteiger partial charge in [-0.3, -0.25) is 0 Å². The summed E-state index contributed by atoms with van der Waals surface area (Å²) >= 11 is 0. The summed E-state index contributed by atoms with van der Waals surface area (Å²) in [5, 5.41) is 0. The zero-order valence-electron chi connectivity index (χ0n) is 16.1. The maximum absolute atomic E-state index is 6.71. The topological polar surface area (TPSA) is 44.2 Å². The van der Waals surface area contributed by atoms with Crippen LogP contribution in [0.3, 0.4) is 0 Å². The molecule has 0 radical (unpaired) electrons. The van der Waals surface area contributed by atoms with Crippen LogP contribution < -0.4 is 9.47 Å². The van der Waals surface area contributed by atoms with Crippen LogP contribution >= 0.6 is 0 Å². The van der Waals surface area contributed by atoms with Crippen molar-refractivity contribution in [2.75, 3.05) is 7.11 Å². The molecule has 4 heteroatoms. The van der Waals surface area contributed by atoms with Crippen molar-refractivity contribution in [1.29, 1.82) is 0 Å². The summed E-state index contributed by atoms with van der Waals surface area (Å²) < 4.78 is 12.4. The average Bonchev–Trinajstić information content (AvgIpc) is 2.78. The van der Waals surface area contributed by atoms with E-state index < -0.39 is 5.60 Å². The van der Waals surface area contributed by atoms with Crippen molar-refractivity contribution in [3.05, 3.63) is 96.7 Å². The lowest BCUT2D eigenvalue weighted by atomic mass is 9.82. The van der Waals surface area contributed by atoms with Crippen molar-refractivity contribution in [2.24, 2.45) is 0 Å². The molecule has 29 heavy (non-hydrogen) atoms. The van der Waals surface area contributed by atoms with Gasteiger partial charge in [0.2, 0.25) is 0 Å². The minimum Gasteiger partial charge on any atom is -0.496 e. The maximum Gasteiger partial charge on any atom is 0.181 e. The highest BCUT2D eigenvalue weighted by atomic mass is 16.5. The van der Waals surface area contributed by atoms with Crippen molar-refractivity contribution in [2.45, 2.75) is 12.0 Å². The van der Waals surface area contributed by atoms with Gasteiger partial charge in [0.05, 0.1) is 23.7 Å². The van der Waals surface area contributed by atoms with E-state index >= 15 is 0 Å². The van der Waals surface area contributed by atoms with Gasteiger partial charge in [0.1, 0.15) is 22.9 Å². The van der Waals surface area contributed by atoms with E-state index in [1.807, 2.05) is 66.7 Å². The van der Waals surface area contributed by atoms with Gasteiger partial charge in [-0.15, -0.1) is 6.58 Å². The van der Waals surface area contributed by atoms with E-state index in [1.54, 1.807) is 7.11 Å². The molecule has 0 saturated carbocycles. The van der Waals surface area contributed by atoms with E-state index in [0.717, 1.165) is 39.3 Å². The van der Waals surface area contributed by atoms with Crippen LogP contribution in [-0.4, -0.2) is 17.1 Å². The molecule has 0 bridgehead atoms. The van der Waals surface area contributed by atoms with E-state index in [4.69, 9.17) is 19.4 Å². The molecule has 1 aromatic heterocycles. The molecular formula is C25H20N2O2. The van der Waals surface area contributed by atoms with Gasteiger partial charge in [-0.05, 0) is 24.3 Å². The van der Waals surface area contributed by atoms with Gasteiger partial charge in [0, 0.05) is 12.0 Å². The predicted molar refractivity (Wildman–Crippen MR) is 114 cm³/mol. The van der Waals surface area contributed by atoms with Gasteiger partial charge in [0.25, 0.3) is 0 Å². The van der Waals surface area contributed by atoms with Gasteiger partial charge in [-0.1, -0.05) is 54.6 Å². The first-order valence-electron chi connectivity index (χ1n) is 9.57. The summed E-state index contributed by atoms with van der Waals surface area (Å²) in [6.07, 6.45) is 2.44. The lowest BCUT2D eigenvalue weighted by Crippen LogP contribution is -2.38. The van der Waals surface area contributed by atoms with Gasteiger partial charge < -0.3 is 9.47 Å². The monoisotopic (exact) mass is 380 g/mol. The lowest BCUT2D eigenvalue weighted by molar-refractivity contribution is 0.105. The Morgan fingerprint density at radius 2 is 1.66 bits per heavy atom. The SMILES string of the molecule is C=CC[C@@]1(c2ccccc2)Oc2cccc(OC)c2-c2nc3ccccc3nc21. The smallest absolute Gasteiger partial charge is 0.181 e. The number of para-hydroxylation sites is 2. The third-order valence-corrected chi connectivity index (χ3v) is 5.35. The molecule has 0 N–H and O–H groups in total. The molecule has 0 unspecified atom stereocenters. The molecule has 1 aliphatic heterocycles. The van der Waals surface area contributed by atoms with Crippen LogP contribution in [0, 0.1) is 0 Å². The molecule has 2 heterocycles. The molecule has 0 fully saturated rings. The van der Waals surface area contributed by atoms with Crippen LogP contribution in [-0.2, 0) is 5.60 Å². The number of hydrogen-bond donors (Lipinski definition) is 0. The molecule has 0 amide bonds. The number of fused-ring (bicyclic) bond motifs is 4. The minimum atomic E-state index is -0.811. The second-order valence-electron chi connectivity index (χ2n) is 7.03. The van der Waals surface area contributed by atoms with Crippen molar-refractivity contribution in [1.82, 2.24) is 9.97 Å². The van der Waals surface area contributed by atoms with Gasteiger partial charge in [0.15, 0.2) is 5.60 Å². The first kappa shape index (κ1) is 17.4. The number of hydrogen-bond acceptors (Lipinski definition) is 4. The molecule has 1 atom stereocenters. The highest BCUT2D eigenvalue weighted by Gasteiger charge is 2.45. The second-order valence-corrected chi connectivity index (χ2v) is 7.03. The number of benzene rings is 3. The molecule has 0 spiro atoms. The van der Waals surface area contributed by atoms with Gasteiger partial charge in [-0.25, -0.2) is 9.97 Å². The summed E-state index contributed by atoms with van der Waals surface area (Å²) in [6.45, 7) is 4.00. The molecular weight excluding hydrogens is 360 g/mol. The average molecular weight is 380 g/mol. The summed E-state index contributed by atoms with van der Waals surface area (Å²) in [7, 11) is 1.66. The fourth-order valence-electron chi connectivity index (χ4n) is 4.05. The Hall–Kier alpha value is -3.66. The molecule has 4 nitrogen and oxygen atoms in total. The van der Waals surface area contributed by atoms with Crippen LogP contribution in [0.2, 0.25) is 0 Å². The Kier molecular flexibility index (Phi) is 4.06. The van der Waals surface area contributed by atoms with Crippen LogP contribution in [0.1, 0.15) is 17.7 Å². The quantitative estimate of drug-likeness (QED) is 0.438. The van der Waals surface area contributed by atoms with Crippen molar-refractivity contribution < 1.29 is 9.47 Å². The van der Waals surface area contributed by atoms with Crippen LogP contribution in [0.5, 0.6) is 11.5 Å². The number of methoxy groups -OCH3 is 1. The van der Waals surface area contributed by atoms with E-state index in [1.165, 1.54) is 0 Å². The Morgan fingerprint density at radius 1 is 0.931 bits per heavy atom. The third kappa shape index (κ3) is 2.60. The maximum atomic E-state index is 6.71. The number of nitrogens with zero attached hydrogens (tertiary/aromatic N) is 2. The molecule has 0 aliphatic carbocycles. The second kappa shape index (κ2) is 6.74. The van der Waals surface area contributed by atoms with Crippen molar-refractivity contribution >= 4 is 11.0 Å². The minimum absolute atomic E-state index is 0.563. The number of ether oxygens (including phenoxy) is 2.